The fourth-order valence-corrected chi connectivity index (χ4v) is 2.86. The van der Waals surface area contributed by atoms with Gasteiger partial charge in [0, 0.05) is 29.8 Å². The zero-order valence-corrected chi connectivity index (χ0v) is 16.7. The van der Waals surface area contributed by atoms with Crippen molar-refractivity contribution in [1.82, 2.24) is 5.32 Å². The van der Waals surface area contributed by atoms with Gasteiger partial charge in [-0.2, -0.15) is 0 Å². The number of nitro benzene ring substituents is 1. The maximum Gasteiger partial charge on any atom is 0.269 e. The van der Waals surface area contributed by atoms with Crippen molar-refractivity contribution in [2.45, 2.75) is 26.5 Å². The molecule has 2 N–H and O–H groups in total. The second-order valence-corrected chi connectivity index (χ2v) is 6.64. The molecule has 0 spiro atoms. The maximum absolute atomic E-state index is 10.7. The Labute approximate surface area is 166 Å². The van der Waals surface area contributed by atoms with Gasteiger partial charge < -0.3 is 19.9 Å². The molecule has 0 saturated carbocycles. The number of ether oxygens (including phenoxy) is 2. The maximum atomic E-state index is 10.7. The first-order chi connectivity index (χ1) is 13.0. The summed E-state index contributed by atoms with van der Waals surface area (Å²) in [5.74, 6) is 1.24. The van der Waals surface area contributed by atoms with Crippen LogP contribution in [0.25, 0.3) is 0 Å². The topological polar surface area (TPSA) is 93.9 Å². The molecule has 0 aliphatic carbocycles. The van der Waals surface area contributed by atoms with E-state index >= 15 is 0 Å². The van der Waals surface area contributed by atoms with Crippen molar-refractivity contribution < 1.29 is 19.5 Å². The zero-order valence-electron chi connectivity index (χ0n) is 15.1. The van der Waals surface area contributed by atoms with Crippen LogP contribution >= 0.6 is 15.9 Å². The number of rotatable bonds is 11. The highest BCUT2D eigenvalue weighted by Gasteiger charge is 2.12. The van der Waals surface area contributed by atoms with E-state index in [1.807, 2.05) is 19.1 Å². The van der Waals surface area contributed by atoms with E-state index in [9.17, 15) is 10.1 Å². The van der Waals surface area contributed by atoms with E-state index < -0.39 is 4.92 Å². The van der Waals surface area contributed by atoms with E-state index in [0.717, 1.165) is 22.1 Å². The first kappa shape index (κ1) is 21.1. The molecule has 0 amide bonds. The lowest BCUT2D eigenvalue weighted by molar-refractivity contribution is -0.384. The Morgan fingerprint density at radius 2 is 1.89 bits per heavy atom. The number of nitrogens with zero attached hydrogens (tertiary/aromatic N) is 1. The van der Waals surface area contributed by atoms with Crippen LogP contribution in [-0.4, -0.2) is 29.8 Å². The van der Waals surface area contributed by atoms with Gasteiger partial charge in [0.1, 0.15) is 6.61 Å². The van der Waals surface area contributed by atoms with Crippen LogP contribution in [0.3, 0.4) is 0 Å². The first-order valence-electron chi connectivity index (χ1n) is 8.68. The van der Waals surface area contributed by atoms with E-state index in [0.29, 0.717) is 31.1 Å². The van der Waals surface area contributed by atoms with Gasteiger partial charge in [-0.05, 0) is 55.3 Å². The molecule has 7 nitrogen and oxygen atoms in total. The van der Waals surface area contributed by atoms with Gasteiger partial charge in [-0.1, -0.05) is 15.9 Å². The highest BCUT2D eigenvalue weighted by atomic mass is 79.9. The van der Waals surface area contributed by atoms with E-state index in [1.54, 1.807) is 12.1 Å². The third-order valence-electron chi connectivity index (χ3n) is 3.78. The number of nitrogens with one attached hydrogen (secondary N) is 1. The number of aliphatic hydroxyl groups is 1. The van der Waals surface area contributed by atoms with Crippen LogP contribution < -0.4 is 14.8 Å². The minimum Gasteiger partial charge on any atom is -0.490 e. The quantitative estimate of drug-likeness (QED) is 0.314. The van der Waals surface area contributed by atoms with E-state index in [-0.39, 0.29) is 18.9 Å². The van der Waals surface area contributed by atoms with Crippen molar-refractivity contribution in [2.24, 2.45) is 0 Å². The number of hydrogen-bond acceptors (Lipinski definition) is 6. The van der Waals surface area contributed by atoms with E-state index in [4.69, 9.17) is 14.6 Å². The van der Waals surface area contributed by atoms with Gasteiger partial charge in [-0.3, -0.25) is 10.1 Å². The second-order valence-electron chi connectivity index (χ2n) is 5.79. The standard InChI is InChI=1S/C19H23BrN2O5/c1-2-26-18-10-15(12-21-8-3-9-23)17(20)11-19(18)27-13-14-4-6-16(7-5-14)22(24)25/h4-7,10-11,21,23H,2-3,8-9,12-13H2,1H3. The molecule has 0 fully saturated rings. The summed E-state index contributed by atoms with van der Waals surface area (Å²) in [7, 11) is 0. The lowest BCUT2D eigenvalue weighted by Crippen LogP contribution is -2.16. The zero-order chi connectivity index (χ0) is 19.6. The fraction of sp³-hybridized carbons (Fsp3) is 0.368. The molecule has 0 bridgehead atoms. The monoisotopic (exact) mass is 438 g/mol. The Hall–Kier alpha value is -2.16. The van der Waals surface area contributed by atoms with Crippen LogP contribution in [0.5, 0.6) is 11.5 Å². The Morgan fingerprint density at radius 3 is 2.52 bits per heavy atom. The molecule has 0 aliphatic heterocycles. The Kier molecular flexibility index (Phi) is 8.50. The van der Waals surface area contributed by atoms with Crippen molar-refractivity contribution in [3.05, 3.63) is 62.1 Å². The summed E-state index contributed by atoms with van der Waals surface area (Å²) in [5.41, 5.74) is 1.91. The predicted molar refractivity (Wildman–Crippen MR) is 106 cm³/mol. The average molecular weight is 439 g/mol. The highest BCUT2D eigenvalue weighted by molar-refractivity contribution is 9.10. The number of hydrogen-bond donors (Lipinski definition) is 2. The summed E-state index contributed by atoms with van der Waals surface area (Å²) >= 11 is 3.55. The van der Waals surface area contributed by atoms with Crippen molar-refractivity contribution in [3.8, 4) is 11.5 Å². The van der Waals surface area contributed by atoms with Gasteiger partial charge in [-0.15, -0.1) is 0 Å². The summed E-state index contributed by atoms with van der Waals surface area (Å²) in [6.07, 6.45) is 0.701. The third kappa shape index (κ3) is 6.50. The van der Waals surface area contributed by atoms with Crippen LogP contribution in [0.15, 0.2) is 40.9 Å². The summed E-state index contributed by atoms with van der Waals surface area (Å²) in [6, 6.07) is 10.0. The highest BCUT2D eigenvalue weighted by Crippen LogP contribution is 2.34. The average Bonchev–Trinajstić information content (AvgIpc) is 2.66. The van der Waals surface area contributed by atoms with Gasteiger partial charge >= 0.3 is 0 Å². The fourth-order valence-electron chi connectivity index (χ4n) is 2.40. The number of aliphatic hydroxyl groups excluding tert-OH is 1. The number of halogens is 1. The summed E-state index contributed by atoms with van der Waals surface area (Å²) in [6.45, 7) is 4.22. The number of nitro groups is 1. The molecule has 2 rings (SSSR count). The van der Waals surface area contributed by atoms with Crippen LogP contribution in [0.4, 0.5) is 5.69 Å². The van der Waals surface area contributed by atoms with Crippen molar-refractivity contribution >= 4 is 21.6 Å². The third-order valence-corrected chi connectivity index (χ3v) is 4.52. The van der Waals surface area contributed by atoms with Gasteiger partial charge in [-0.25, -0.2) is 0 Å². The molecule has 146 valence electrons. The molecule has 0 unspecified atom stereocenters. The molecule has 0 radical (unpaired) electrons. The molecule has 8 heteroatoms. The predicted octanol–water partition coefficient (Wildman–Crippen LogP) is 3.81. The van der Waals surface area contributed by atoms with Crippen LogP contribution in [0.2, 0.25) is 0 Å². The van der Waals surface area contributed by atoms with Crippen molar-refractivity contribution in [3.63, 3.8) is 0 Å². The molecule has 0 saturated heterocycles. The number of benzene rings is 2. The van der Waals surface area contributed by atoms with Crippen LogP contribution in [0, 0.1) is 10.1 Å². The molecule has 0 aliphatic rings. The molecular weight excluding hydrogens is 416 g/mol. The van der Waals surface area contributed by atoms with Gasteiger partial charge in [0.2, 0.25) is 0 Å². The lowest BCUT2D eigenvalue weighted by atomic mass is 10.2. The molecule has 0 heterocycles. The van der Waals surface area contributed by atoms with Gasteiger partial charge in [0.25, 0.3) is 5.69 Å². The first-order valence-corrected chi connectivity index (χ1v) is 9.47. The van der Waals surface area contributed by atoms with Crippen LogP contribution in [0.1, 0.15) is 24.5 Å². The molecule has 0 atom stereocenters. The van der Waals surface area contributed by atoms with Crippen LogP contribution in [-0.2, 0) is 13.2 Å². The smallest absolute Gasteiger partial charge is 0.269 e. The Balaban J connectivity index is 2.07. The Morgan fingerprint density at radius 1 is 1.19 bits per heavy atom. The normalized spacial score (nSPS) is 10.6. The SMILES string of the molecule is CCOc1cc(CNCCCO)c(Br)cc1OCc1ccc([N+](=O)[O-])cc1. The molecule has 0 aromatic heterocycles. The summed E-state index contributed by atoms with van der Waals surface area (Å²) in [4.78, 5) is 10.3. The summed E-state index contributed by atoms with van der Waals surface area (Å²) < 4.78 is 12.5. The lowest BCUT2D eigenvalue weighted by Gasteiger charge is -2.15. The minimum atomic E-state index is -0.428. The van der Waals surface area contributed by atoms with E-state index in [1.165, 1.54) is 12.1 Å². The Bertz CT molecular complexity index is 753. The second kappa shape index (κ2) is 10.9. The van der Waals surface area contributed by atoms with Gasteiger partial charge in [0.15, 0.2) is 11.5 Å². The van der Waals surface area contributed by atoms with E-state index in [2.05, 4.69) is 21.2 Å². The van der Waals surface area contributed by atoms with Gasteiger partial charge in [0.05, 0.1) is 11.5 Å². The molecule has 2 aromatic carbocycles. The molecular formula is C19H23BrN2O5. The molecule has 2 aromatic rings. The molecule has 27 heavy (non-hydrogen) atoms. The van der Waals surface area contributed by atoms with Crippen molar-refractivity contribution in [1.29, 1.82) is 0 Å². The largest absolute Gasteiger partial charge is 0.490 e. The van der Waals surface area contributed by atoms with Crippen molar-refractivity contribution in [2.75, 3.05) is 19.8 Å². The summed E-state index contributed by atoms with van der Waals surface area (Å²) in [5, 5.41) is 22.8. The minimum absolute atomic E-state index is 0.0505. The number of non-ortho nitro benzene ring substituents is 1.